The van der Waals surface area contributed by atoms with E-state index in [1.54, 1.807) is 28.4 Å². The summed E-state index contributed by atoms with van der Waals surface area (Å²) in [4.78, 5) is 4.61. The SMILES string of the molecule is CCOC1(/C=C/C2=C(Cl)C(=C/C=C3\N(C(C)OC)c4c(C)cc(OC)cc4C3(C)C)/CCC2)N(C(C)OC)c2c(C)cc(OC)cc2C1(C)C. The Morgan fingerprint density at radius 2 is 1.42 bits per heavy atom. The Labute approximate surface area is 305 Å². The summed E-state index contributed by atoms with van der Waals surface area (Å²) in [5.74, 6) is 1.69. The Morgan fingerprint density at radius 3 is 2.00 bits per heavy atom. The van der Waals surface area contributed by atoms with Crippen molar-refractivity contribution >= 4 is 23.0 Å². The summed E-state index contributed by atoms with van der Waals surface area (Å²) in [7, 11) is 6.94. The van der Waals surface area contributed by atoms with Crippen LogP contribution in [0, 0.1) is 13.8 Å². The lowest BCUT2D eigenvalue weighted by molar-refractivity contribution is -0.0686. The van der Waals surface area contributed by atoms with Gasteiger partial charge < -0.3 is 33.5 Å². The van der Waals surface area contributed by atoms with E-state index in [0.717, 1.165) is 75.0 Å². The lowest BCUT2D eigenvalue weighted by Crippen LogP contribution is -2.59. The molecular formula is C42H57ClN2O5. The second kappa shape index (κ2) is 14.4. The number of hydrogen-bond donors (Lipinski definition) is 0. The van der Waals surface area contributed by atoms with Crippen LogP contribution in [0.3, 0.4) is 0 Å². The Morgan fingerprint density at radius 1 is 0.820 bits per heavy atom. The topological polar surface area (TPSA) is 52.6 Å². The predicted molar refractivity (Wildman–Crippen MR) is 206 cm³/mol. The molecule has 0 spiro atoms. The Bertz CT molecular complexity index is 1740. The minimum absolute atomic E-state index is 0.155. The number of allylic oxidation sites excluding steroid dienone is 7. The number of nitrogens with zero attached hydrogens (tertiary/aromatic N) is 2. The van der Waals surface area contributed by atoms with Crippen LogP contribution < -0.4 is 19.3 Å². The van der Waals surface area contributed by atoms with E-state index in [4.69, 9.17) is 35.3 Å². The Balaban J connectivity index is 1.60. The van der Waals surface area contributed by atoms with Crippen molar-refractivity contribution < 1.29 is 23.7 Å². The van der Waals surface area contributed by atoms with E-state index < -0.39 is 11.1 Å². The standard InChI is InChI=1S/C42H57ClN2O5/c1-14-50-42(41(8,9)35-25-33(49-13)23-27(3)39(35)45(42)29(5)47-11)21-20-31-17-15-16-30(37(31)43)18-19-36-40(6,7)34-24-32(48-12)22-26(2)38(34)44(36)28(4)46-10/h18-25,28-29H,14-17H2,1-13H3/b21-20+,30-18+,36-19-. The second-order valence-electron chi connectivity index (χ2n) is 14.7. The van der Waals surface area contributed by atoms with E-state index in [1.807, 2.05) is 6.92 Å². The third-order valence-corrected chi connectivity index (χ3v) is 11.7. The fourth-order valence-electron chi connectivity index (χ4n) is 8.28. The van der Waals surface area contributed by atoms with Gasteiger partial charge in [-0.1, -0.05) is 51.4 Å². The van der Waals surface area contributed by atoms with Crippen molar-refractivity contribution in [1.29, 1.82) is 0 Å². The van der Waals surface area contributed by atoms with E-state index in [-0.39, 0.29) is 17.9 Å². The van der Waals surface area contributed by atoms with E-state index >= 15 is 0 Å². The monoisotopic (exact) mass is 704 g/mol. The smallest absolute Gasteiger partial charge is 0.171 e. The molecule has 0 fully saturated rings. The largest absolute Gasteiger partial charge is 0.497 e. The van der Waals surface area contributed by atoms with Crippen molar-refractivity contribution in [1.82, 2.24) is 0 Å². The van der Waals surface area contributed by atoms with Gasteiger partial charge in [0.25, 0.3) is 0 Å². The van der Waals surface area contributed by atoms with Crippen LogP contribution in [-0.2, 0) is 25.0 Å². The number of aryl methyl sites for hydroxylation is 2. The zero-order valence-corrected chi connectivity index (χ0v) is 33.2. The maximum atomic E-state index is 7.32. The fourth-order valence-corrected chi connectivity index (χ4v) is 8.59. The van der Waals surface area contributed by atoms with Gasteiger partial charge in [0.1, 0.15) is 24.0 Å². The van der Waals surface area contributed by atoms with Gasteiger partial charge >= 0.3 is 0 Å². The van der Waals surface area contributed by atoms with Crippen LogP contribution in [0.4, 0.5) is 11.4 Å². The van der Waals surface area contributed by atoms with E-state index in [2.05, 4.69) is 114 Å². The van der Waals surface area contributed by atoms with Gasteiger partial charge in [-0.2, -0.15) is 0 Å². The summed E-state index contributed by atoms with van der Waals surface area (Å²) < 4.78 is 30.2. The van der Waals surface area contributed by atoms with Gasteiger partial charge in [0.05, 0.1) is 19.9 Å². The van der Waals surface area contributed by atoms with Crippen molar-refractivity contribution in [2.24, 2.45) is 0 Å². The number of rotatable bonds is 11. The lowest BCUT2D eigenvalue weighted by Gasteiger charge is -2.47. The third-order valence-electron chi connectivity index (χ3n) is 11.2. The zero-order chi connectivity index (χ0) is 36.8. The van der Waals surface area contributed by atoms with Crippen LogP contribution in [0.2, 0.25) is 0 Å². The minimum atomic E-state index is -0.834. The highest BCUT2D eigenvalue weighted by molar-refractivity contribution is 6.32. The summed E-state index contributed by atoms with van der Waals surface area (Å²) in [5.41, 5.74) is 8.77. The Hall–Kier alpha value is -3.23. The molecule has 50 heavy (non-hydrogen) atoms. The predicted octanol–water partition coefficient (Wildman–Crippen LogP) is 9.98. The highest BCUT2D eigenvalue weighted by Crippen LogP contribution is 2.57. The number of hydrogen-bond acceptors (Lipinski definition) is 7. The lowest BCUT2D eigenvalue weighted by atomic mass is 9.76. The second-order valence-corrected chi connectivity index (χ2v) is 15.1. The number of anilines is 2. The minimum Gasteiger partial charge on any atom is -0.497 e. The van der Waals surface area contributed by atoms with Gasteiger partial charge in [-0.05, 0) is 124 Å². The summed E-state index contributed by atoms with van der Waals surface area (Å²) in [6, 6.07) is 8.47. The van der Waals surface area contributed by atoms with E-state index in [1.165, 1.54) is 11.3 Å². The molecule has 8 heteroatoms. The van der Waals surface area contributed by atoms with Crippen LogP contribution in [0.25, 0.3) is 0 Å². The van der Waals surface area contributed by atoms with Gasteiger partial charge in [0.15, 0.2) is 5.72 Å². The van der Waals surface area contributed by atoms with Crippen molar-refractivity contribution in [3.8, 4) is 11.5 Å². The van der Waals surface area contributed by atoms with Gasteiger partial charge in [-0.15, -0.1) is 0 Å². The molecule has 2 heterocycles. The maximum Gasteiger partial charge on any atom is 0.171 e. The fraction of sp³-hybridized carbons (Fsp3) is 0.524. The van der Waals surface area contributed by atoms with Crippen molar-refractivity contribution in [3.05, 3.63) is 92.7 Å². The third kappa shape index (κ3) is 6.08. The van der Waals surface area contributed by atoms with Crippen LogP contribution in [-0.4, -0.2) is 53.2 Å². The molecule has 3 unspecified atom stereocenters. The molecule has 0 N–H and O–H groups in total. The summed E-state index contributed by atoms with van der Waals surface area (Å²) in [6.45, 7) is 20.0. The summed E-state index contributed by atoms with van der Waals surface area (Å²) >= 11 is 7.32. The molecule has 5 rings (SSSR count). The molecule has 2 aromatic rings. The molecule has 3 atom stereocenters. The van der Waals surface area contributed by atoms with E-state index in [0.29, 0.717) is 6.61 Å². The molecule has 1 aliphatic carbocycles. The number of halogens is 1. The van der Waals surface area contributed by atoms with Crippen LogP contribution >= 0.6 is 11.6 Å². The van der Waals surface area contributed by atoms with Crippen LogP contribution in [0.1, 0.15) is 90.0 Å². The highest BCUT2D eigenvalue weighted by atomic mass is 35.5. The number of methoxy groups -OCH3 is 4. The average Bonchev–Trinajstić information content (AvgIpc) is 3.43. The van der Waals surface area contributed by atoms with Crippen LogP contribution in [0.5, 0.6) is 11.5 Å². The Kier molecular flexibility index (Phi) is 11.0. The van der Waals surface area contributed by atoms with Gasteiger partial charge in [0.2, 0.25) is 0 Å². The molecule has 0 bridgehead atoms. The van der Waals surface area contributed by atoms with E-state index in [9.17, 15) is 0 Å². The van der Waals surface area contributed by atoms with Gasteiger partial charge in [0, 0.05) is 48.1 Å². The first-order chi connectivity index (χ1) is 23.6. The van der Waals surface area contributed by atoms with Crippen molar-refractivity contribution in [3.63, 3.8) is 0 Å². The van der Waals surface area contributed by atoms with Crippen molar-refractivity contribution in [2.75, 3.05) is 44.8 Å². The quantitative estimate of drug-likeness (QED) is 0.231. The molecule has 0 aromatic heterocycles. The summed E-state index contributed by atoms with van der Waals surface area (Å²) in [5, 5.41) is 0.797. The normalized spacial score (nSPS) is 24.0. The van der Waals surface area contributed by atoms with Gasteiger partial charge in [-0.25, -0.2) is 0 Å². The first-order valence-electron chi connectivity index (χ1n) is 17.8. The number of benzene rings is 2. The maximum absolute atomic E-state index is 7.32. The molecule has 3 aliphatic rings. The molecule has 0 saturated carbocycles. The highest BCUT2D eigenvalue weighted by Gasteiger charge is 2.59. The van der Waals surface area contributed by atoms with Crippen LogP contribution in [0.15, 0.2) is 70.4 Å². The molecular weight excluding hydrogens is 648 g/mol. The molecule has 2 aliphatic heterocycles. The first-order valence-corrected chi connectivity index (χ1v) is 18.2. The first kappa shape index (κ1) is 38.0. The zero-order valence-electron chi connectivity index (χ0n) is 32.4. The van der Waals surface area contributed by atoms with Gasteiger partial charge in [-0.3, -0.25) is 0 Å². The average molecular weight is 705 g/mol. The molecule has 0 radical (unpaired) electrons. The molecule has 7 nitrogen and oxygen atoms in total. The summed E-state index contributed by atoms with van der Waals surface area (Å²) in [6.07, 6.45) is 11.2. The molecule has 0 amide bonds. The number of fused-ring (bicyclic) bond motifs is 2. The molecule has 272 valence electrons. The molecule has 0 saturated heterocycles. The number of ether oxygens (including phenoxy) is 5. The molecule has 2 aromatic carbocycles. The van der Waals surface area contributed by atoms with Crippen molar-refractivity contribution in [2.45, 2.75) is 111 Å².